The van der Waals surface area contributed by atoms with Gasteiger partial charge in [-0.3, -0.25) is 0 Å². The average Bonchev–Trinajstić information content (AvgIpc) is 2.47. The van der Waals surface area contributed by atoms with Crippen LogP contribution in [0.5, 0.6) is 0 Å². The fourth-order valence-corrected chi connectivity index (χ4v) is 3.25. The van der Waals surface area contributed by atoms with E-state index in [1.165, 1.54) is 38.5 Å². The van der Waals surface area contributed by atoms with Gasteiger partial charge in [0.05, 0.1) is 26.2 Å². The van der Waals surface area contributed by atoms with E-state index in [9.17, 15) is 0 Å². The number of hydrogen-bond donors (Lipinski definition) is 0. The lowest BCUT2D eigenvalue weighted by Gasteiger charge is -1.97. The normalized spacial score (nSPS) is 11.9. The molecule has 118 valence electrons. The van der Waals surface area contributed by atoms with Crippen molar-refractivity contribution in [3.05, 3.63) is 0 Å². The first-order valence-corrected chi connectivity index (χ1v) is 10.3. The molecule has 0 saturated heterocycles. The van der Waals surface area contributed by atoms with Crippen LogP contribution in [0.2, 0.25) is 0 Å². The smallest absolute Gasteiger partial charge is 0.0697 e. The van der Waals surface area contributed by atoms with E-state index in [1.807, 2.05) is 28.5 Å². The molecule has 0 radical (unpaired) electrons. The average molecular weight is 319 g/mol. The highest BCUT2D eigenvalue weighted by atomic mass is 33.1. The van der Waals surface area contributed by atoms with Crippen molar-refractivity contribution in [2.75, 3.05) is 37.7 Å². The molecule has 0 aromatic heterocycles. The van der Waals surface area contributed by atoms with E-state index in [0.29, 0.717) is 0 Å². The van der Waals surface area contributed by atoms with Crippen LogP contribution in [0.3, 0.4) is 0 Å². The third-order valence-corrected chi connectivity index (χ3v) is 4.95. The number of azo groups is 2. The quantitative estimate of drug-likeness (QED) is 0.222. The van der Waals surface area contributed by atoms with E-state index in [4.69, 9.17) is 0 Å². The van der Waals surface area contributed by atoms with Crippen LogP contribution in [0.1, 0.15) is 52.4 Å². The summed E-state index contributed by atoms with van der Waals surface area (Å²) in [5.41, 5.74) is 0. The van der Waals surface area contributed by atoms with Crippen LogP contribution in [0, 0.1) is 0 Å². The van der Waals surface area contributed by atoms with Crippen molar-refractivity contribution in [3.8, 4) is 0 Å². The SMILES string of the molecule is CCCCCCCCN=NCCSSCCN=NCC. The molecule has 4 nitrogen and oxygen atoms in total. The van der Waals surface area contributed by atoms with E-state index in [1.54, 1.807) is 0 Å². The monoisotopic (exact) mass is 318 g/mol. The van der Waals surface area contributed by atoms with Gasteiger partial charge in [-0.2, -0.15) is 20.5 Å². The molecule has 0 heterocycles. The summed E-state index contributed by atoms with van der Waals surface area (Å²) in [7, 11) is 3.69. The molecule has 0 aliphatic rings. The number of hydrogen-bond acceptors (Lipinski definition) is 6. The van der Waals surface area contributed by atoms with Gasteiger partial charge >= 0.3 is 0 Å². The largest absolute Gasteiger partial charge is 0.194 e. The van der Waals surface area contributed by atoms with Gasteiger partial charge in [-0.15, -0.1) is 0 Å². The molecule has 0 aliphatic heterocycles. The molecule has 0 atom stereocenters. The van der Waals surface area contributed by atoms with Crippen LogP contribution in [0.15, 0.2) is 20.5 Å². The molecule has 0 bridgehead atoms. The van der Waals surface area contributed by atoms with E-state index in [0.717, 1.165) is 37.7 Å². The summed E-state index contributed by atoms with van der Waals surface area (Å²) in [4.78, 5) is 0. The molecule has 0 unspecified atom stereocenters. The van der Waals surface area contributed by atoms with Gasteiger partial charge in [0, 0.05) is 11.5 Å². The standard InChI is InChI=1S/C14H30N4S2/c1-3-5-6-7-8-9-10-16-18-12-14-20-19-13-11-17-15-4-2/h3-14H2,1-2H3. The van der Waals surface area contributed by atoms with Gasteiger partial charge in [0.15, 0.2) is 0 Å². The Morgan fingerprint density at radius 2 is 1.15 bits per heavy atom. The Hall–Kier alpha value is -0.100. The topological polar surface area (TPSA) is 49.4 Å². The van der Waals surface area contributed by atoms with Gasteiger partial charge in [-0.25, -0.2) is 0 Å². The maximum absolute atomic E-state index is 4.22. The zero-order chi connectivity index (χ0) is 14.7. The Kier molecular flexibility index (Phi) is 18.8. The first kappa shape index (κ1) is 19.9. The van der Waals surface area contributed by atoms with E-state index >= 15 is 0 Å². The minimum atomic E-state index is 0.788. The van der Waals surface area contributed by atoms with Crippen molar-refractivity contribution < 1.29 is 0 Å². The second-order valence-electron chi connectivity index (χ2n) is 4.46. The summed E-state index contributed by atoms with van der Waals surface area (Å²) in [6, 6.07) is 0. The highest BCUT2D eigenvalue weighted by molar-refractivity contribution is 8.76. The van der Waals surface area contributed by atoms with Gasteiger partial charge in [-0.1, -0.05) is 60.6 Å². The zero-order valence-electron chi connectivity index (χ0n) is 13.1. The molecule has 0 aromatic carbocycles. The molecule has 0 aliphatic carbocycles. The maximum atomic E-state index is 4.22. The lowest BCUT2D eigenvalue weighted by molar-refractivity contribution is 0.606. The summed E-state index contributed by atoms with van der Waals surface area (Å²) in [6.45, 7) is 7.61. The van der Waals surface area contributed by atoms with Crippen molar-refractivity contribution in [2.45, 2.75) is 52.4 Å². The van der Waals surface area contributed by atoms with Crippen LogP contribution in [-0.2, 0) is 0 Å². The van der Waals surface area contributed by atoms with Crippen LogP contribution in [0.4, 0.5) is 0 Å². The van der Waals surface area contributed by atoms with Gasteiger partial charge in [0.2, 0.25) is 0 Å². The van der Waals surface area contributed by atoms with Crippen molar-refractivity contribution in [2.24, 2.45) is 20.5 Å². The van der Waals surface area contributed by atoms with E-state index in [2.05, 4.69) is 27.4 Å². The molecule has 0 saturated carbocycles. The fourth-order valence-electron chi connectivity index (χ4n) is 1.55. The summed E-state index contributed by atoms with van der Waals surface area (Å²) >= 11 is 0. The first-order valence-electron chi connectivity index (χ1n) is 7.82. The van der Waals surface area contributed by atoms with Crippen LogP contribution >= 0.6 is 21.6 Å². The van der Waals surface area contributed by atoms with Crippen molar-refractivity contribution in [3.63, 3.8) is 0 Å². The number of rotatable bonds is 15. The summed E-state index contributed by atoms with van der Waals surface area (Å²) < 4.78 is 0. The molecule has 6 heteroatoms. The lowest BCUT2D eigenvalue weighted by Crippen LogP contribution is -1.86. The molecule has 20 heavy (non-hydrogen) atoms. The lowest BCUT2D eigenvalue weighted by atomic mass is 10.1. The van der Waals surface area contributed by atoms with Crippen molar-refractivity contribution in [1.29, 1.82) is 0 Å². The molecular formula is C14H30N4S2. The molecule has 0 fully saturated rings. The second-order valence-corrected chi connectivity index (χ2v) is 7.17. The van der Waals surface area contributed by atoms with Crippen LogP contribution in [-0.4, -0.2) is 37.7 Å². The highest BCUT2D eigenvalue weighted by Gasteiger charge is 1.91. The molecule has 0 rings (SSSR count). The summed E-state index contributed by atoms with van der Waals surface area (Å²) in [5.74, 6) is 2.07. The van der Waals surface area contributed by atoms with E-state index in [-0.39, 0.29) is 0 Å². The van der Waals surface area contributed by atoms with Crippen molar-refractivity contribution >= 4 is 21.6 Å². The molecule has 0 N–H and O–H groups in total. The van der Waals surface area contributed by atoms with Gasteiger partial charge < -0.3 is 0 Å². The minimum Gasteiger partial charge on any atom is -0.194 e. The molecule has 0 spiro atoms. The highest BCUT2D eigenvalue weighted by Crippen LogP contribution is 2.20. The third kappa shape index (κ3) is 17.9. The van der Waals surface area contributed by atoms with Gasteiger partial charge in [0.1, 0.15) is 0 Å². The molecule has 0 amide bonds. The Labute approximate surface area is 132 Å². The Morgan fingerprint density at radius 3 is 1.80 bits per heavy atom. The Balaban J connectivity index is 3.07. The van der Waals surface area contributed by atoms with Crippen LogP contribution in [0.25, 0.3) is 0 Å². The van der Waals surface area contributed by atoms with E-state index < -0.39 is 0 Å². The van der Waals surface area contributed by atoms with Gasteiger partial charge in [-0.05, 0) is 13.3 Å². The number of nitrogens with zero attached hydrogens (tertiary/aromatic N) is 4. The fraction of sp³-hybridized carbons (Fsp3) is 1.00. The predicted octanol–water partition coefficient (Wildman–Crippen LogP) is 5.65. The van der Waals surface area contributed by atoms with Gasteiger partial charge in [0.25, 0.3) is 0 Å². The Morgan fingerprint density at radius 1 is 0.600 bits per heavy atom. The van der Waals surface area contributed by atoms with Crippen LogP contribution < -0.4 is 0 Å². The molecule has 0 aromatic rings. The first-order chi connectivity index (χ1) is 9.91. The summed E-state index contributed by atoms with van der Waals surface area (Å²) in [6.07, 6.45) is 7.91. The summed E-state index contributed by atoms with van der Waals surface area (Å²) in [5, 5.41) is 16.4. The second kappa shape index (κ2) is 18.9. The van der Waals surface area contributed by atoms with Crippen molar-refractivity contribution in [1.82, 2.24) is 0 Å². The maximum Gasteiger partial charge on any atom is 0.0697 e. The molecular weight excluding hydrogens is 288 g/mol. The minimum absolute atomic E-state index is 0.788. The Bertz CT molecular complexity index is 235. The zero-order valence-corrected chi connectivity index (χ0v) is 14.7. The third-order valence-electron chi connectivity index (χ3n) is 2.59. The number of unbranched alkanes of at least 4 members (excludes halogenated alkanes) is 5. The predicted molar refractivity (Wildman–Crippen MR) is 93.1 cm³/mol.